The molecule has 9 nitrogen and oxygen atoms in total. The average molecular weight is 602 g/mol. The van der Waals surface area contributed by atoms with Crippen LogP contribution in [0.4, 0.5) is 4.79 Å². The fourth-order valence-corrected chi connectivity index (χ4v) is 4.64. The van der Waals surface area contributed by atoms with E-state index in [-0.39, 0.29) is 18.1 Å². The zero-order valence-electron chi connectivity index (χ0n) is 20.4. The normalized spacial score (nSPS) is 12.6. The van der Waals surface area contributed by atoms with Crippen molar-refractivity contribution < 1.29 is 24.2 Å². The van der Waals surface area contributed by atoms with E-state index in [1.54, 1.807) is 74.1 Å². The molecule has 36 heavy (non-hydrogen) atoms. The smallest absolute Gasteiger partial charge is 0.419 e. The molecule has 0 saturated carbocycles. The van der Waals surface area contributed by atoms with E-state index in [2.05, 4.69) is 9.97 Å². The third kappa shape index (κ3) is 5.20. The van der Waals surface area contributed by atoms with E-state index in [4.69, 9.17) is 9.47 Å². The van der Waals surface area contributed by atoms with Crippen LogP contribution in [0.25, 0.3) is 10.9 Å². The van der Waals surface area contributed by atoms with Crippen LogP contribution in [0.3, 0.4) is 0 Å². The summed E-state index contributed by atoms with van der Waals surface area (Å²) in [5.41, 5.74) is 1.12. The quantitative estimate of drug-likeness (QED) is 0.236. The van der Waals surface area contributed by atoms with E-state index in [1.807, 2.05) is 29.5 Å². The molecule has 4 aromatic rings. The Morgan fingerprint density at radius 3 is 2.58 bits per heavy atom. The highest BCUT2D eigenvalue weighted by Crippen LogP contribution is 2.30. The molecule has 188 valence electrons. The highest BCUT2D eigenvalue weighted by Gasteiger charge is 2.30. The summed E-state index contributed by atoms with van der Waals surface area (Å²) < 4.78 is 14.5. The molecular weight excluding hydrogens is 575 g/mol. The summed E-state index contributed by atoms with van der Waals surface area (Å²) in [6.45, 7) is 7.61. The summed E-state index contributed by atoms with van der Waals surface area (Å²) in [6, 6.07) is 10.6. The highest BCUT2D eigenvalue weighted by atomic mass is 127. The predicted molar refractivity (Wildman–Crippen MR) is 142 cm³/mol. The Balaban J connectivity index is 1.83. The molecule has 0 saturated heterocycles. The van der Waals surface area contributed by atoms with Gasteiger partial charge in [0, 0.05) is 36.1 Å². The molecule has 1 unspecified atom stereocenters. The van der Waals surface area contributed by atoms with Gasteiger partial charge in [0.1, 0.15) is 22.1 Å². The van der Waals surface area contributed by atoms with Crippen molar-refractivity contribution in [2.24, 2.45) is 0 Å². The third-order valence-corrected chi connectivity index (χ3v) is 6.19. The van der Waals surface area contributed by atoms with Gasteiger partial charge in [-0.2, -0.15) is 0 Å². The van der Waals surface area contributed by atoms with Gasteiger partial charge in [0.25, 0.3) is 0 Å². The number of ketones is 1. The first kappa shape index (κ1) is 26.0. The van der Waals surface area contributed by atoms with E-state index < -0.39 is 23.6 Å². The second kappa shape index (κ2) is 10.5. The van der Waals surface area contributed by atoms with Gasteiger partial charge in [0.15, 0.2) is 5.82 Å². The molecular formula is C26H27IN4O5. The van der Waals surface area contributed by atoms with E-state index in [1.165, 1.54) is 10.8 Å². The van der Waals surface area contributed by atoms with Gasteiger partial charge in [-0.25, -0.2) is 9.78 Å². The Bertz CT molecular complexity index is 1410. The first-order valence-corrected chi connectivity index (χ1v) is 12.5. The van der Waals surface area contributed by atoms with E-state index in [0.29, 0.717) is 32.5 Å². The molecule has 0 fully saturated rings. The number of halogens is 1. The van der Waals surface area contributed by atoms with Crippen LogP contribution in [-0.2, 0) is 16.2 Å². The van der Waals surface area contributed by atoms with Crippen LogP contribution in [-0.4, -0.2) is 48.3 Å². The van der Waals surface area contributed by atoms with Gasteiger partial charge < -0.3 is 14.6 Å². The van der Waals surface area contributed by atoms with Gasteiger partial charge in [-0.05, 0) is 62.4 Å². The number of hydrogen-bond acceptors (Lipinski definition) is 7. The first-order chi connectivity index (χ1) is 17.1. The van der Waals surface area contributed by atoms with E-state index >= 15 is 0 Å². The lowest BCUT2D eigenvalue weighted by Crippen LogP contribution is -2.26. The number of carbonyl (C=O) groups is 2. The lowest BCUT2D eigenvalue weighted by molar-refractivity contribution is 0.0544. The fourth-order valence-electron chi connectivity index (χ4n) is 3.82. The molecule has 0 aliphatic carbocycles. The summed E-state index contributed by atoms with van der Waals surface area (Å²) in [7, 11) is 0. The van der Waals surface area contributed by atoms with Crippen LogP contribution in [0.1, 0.15) is 61.2 Å². The van der Waals surface area contributed by atoms with Crippen molar-refractivity contribution in [1.82, 2.24) is 19.1 Å². The second-order valence-corrected chi connectivity index (χ2v) is 10.1. The number of nitrogens with zero attached hydrogens (tertiary/aromatic N) is 4. The molecule has 3 heterocycles. The Morgan fingerprint density at radius 2 is 1.92 bits per heavy atom. The number of aliphatic hydroxyl groups excluding tert-OH is 1. The lowest BCUT2D eigenvalue weighted by Gasteiger charge is -2.19. The number of rotatable bonds is 7. The van der Waals surface area contributed by atoms with Crippen LogP contribution < -0.4 is 0 Å². The van der Waals surface area contributed by atoms with Crippen LogP contribution >= 0.6 is 22.6 Å². The molecule has 0 bridgehead atoms. The maximum Gasteiger partial charge on any atom is 0.419 e. The van der Waals surface area contributed by atoms with Gasteiger partial charge in [0.2, 0.25) is 5.78 Å². The first-order valence-electron chi connectivity index (χ1n) is 11.4. The number of imidazole rings is 1. The Labute approximate surface area is 222 Å². The Morgan fingerprint density at radius 1 is 1.17 bits per heavy atom. The largest absolute Gasteiger partial charge is 0.443 e. The molecule has 1 atom stereocenters. The number of fused-ring (bicyclic) bond motifs is 1. The fraction of sp³-hybridized carbons (Fsp3) is 0.308. The SMILES string of the molecule is CCOCn1c(C(=O)c2cn(C(=O)OC(C)(C)C)c3ccccc23)nc(I)c1C(O)c1cccnc1. The van der Waals surface area contributed by atoms with Crippen LogP contribution in [0, 0.1) is 3.70 Å². The molecule has 3 aromatic heterocycles. The van der Waals surface area contributed by atoms with Crippen LogP contribution in [0.5, 0.6) is 0 Å². The Hall–Kier alpha value is -3.09. The second-order valence-electron chi connectivity index (χ2n) is 9.09. The number of benzene rings is 1. The number of ether oxygens (including phenoxy) is 2. The number of pyridine rings is 1. The number of para-hydroxylation sites is 1. The van der Waals surface area contributed by atoms with E-state index in [9.17, 15) is 14.7 Å². The Kier molecular flexibility index (Phi) is 7.57. The van der Waals surface area contributed by atoms with Gasteiger partial charge in [-0.3, -0.25) is 18.9 Å². The molecule has 1 N–H and O–H groups in total. The van der Waals surface area contributed by atoms with Crippen LogP contribution in [0.2, 0.25) is 0 Å². The van der Waals surface area contributed by atoms with Crippen molar-refractivity contribution in [3.63, 3.8) is 0 Å². The van der Waals surface area contributed by atoms with Gasteiger partial charge in [0.05, 0.1) is 16.8 Å². The minimum Gasteiger partial charge on any atom is -0.443 e. The zero-order valence-corrected chi connectivity index (χ0v) is 22.6. The van der Waals surface area contributed by atoms with Crippen molar-refractivity contribution in [3.8, 4) is 0 Å². The van der Waals surface area contributed by atoms with Crippen molar-refractivity contribution in [2.45, 2.75) is 46.1 Å². The molecule has 1 aromatic carbocycles. The minimum absolute atomic E-state index is 0.0188. The number of carbonyl (C=O) groups excluding carboxylic acids is 2. The van der Waals surface area contributed by atoms with Gasteiger partial charge >= 0.3 is 6.09 Å². The topological polar surface area (TPSA) is 108 Å². The van der Waals surface area contributed by atoms with Gasteiger partial charge in [-0.15, -0.1) is 0 Å². The standard InChI is InChI=1S/C26H27IN4O5/c1-5-35-15-31-20(21(32)16-9-8-12-28-13-16)23(27)29-24(31)22(33)18-14-30(25(34)36-26(2,3)4)19-11-7-6-10-17(18)19/h6-14,21,32H,5,15H2,1-4H3. The zero-order chi connectivity index (χ0) is 26.0. The number of aliphatic hydroxyl groups is 1. The summed E-state index contributed by atoms with van der Waals surface area (Å²) in [5, 5.41) is 11.7. The van der Waals surface area contributed by atoms with Gasteiger partial charge in [-0.1, -0.05) is 24.3 Å². The van der Waals surface area contributed by atoms with Crippen LogP contribution in [0.15, 0.2) is 55.0 Å². The summed E-state index contributed by atoms with van der Waals surface area (Å²) in [6.07, 6.45) is 3.01. The summed E-state index contributed by atoms with van der Waals surface area (Å²) in [5.74, 6) is -0.311. The maximum atomic E-state index is 13.9. The molecule has 4 rings (SSSR count). The molecule has 0 aliphatic rings. The predicted octanol–water partition coefficient (Wildman–Crippen LogP) is 4.93. The molecule has 10 heteroatoms. The van der Waals surface area contributed by atoms with Crippen molar-refractivity contribution in [1.29, 1.82) is 0 Å². The lowest BCUT2D eigenvalue weighted by atomic mass is 10.1. The molecule has 0 aliphatic heterocycles. The average Bonchev–Trinajstić information content (AvgIpc) is 3.39. The highest BCUT2D eigenvalue weighted by molar-refractivity contribution is 14.1. The maximum absolute atomic E-state index is 13.9. The van der Waals surface area contributed by atoms with Crippen molar-refractivity contribution >= 4 is 45.4 Å². The molecule has 0 radical (unpaired) electrons. The van der Waals surface area contributed by atoms with Crippen molar-refractivity contribution in [3.05, 3.63) is 81.3 Å². The number of aromatic nitrogens is 4. The molecule has 0 amide bonds. The monoisotopic (exact) mass is 602 g/mol. The van der Waals surface area contributed by atoms with Crippen molar-refractivity contribution in [2.75, 3.05) is 6.61 Å². The number of hydrogen-bond donors (Lipinski definition) is 1. The summed E-state index contributed by atoms with van der Waals surface area (Å²) in [4.78, 5) is 35.4. The minimum atomic E-state index is -1.07. The molecule has 0 spiro atoms. The third-order valence-electron chi connectivity index (χ3n) is 5.40. The summed E-state index contributed by atoms with van der Waals surface area (Å²) >= 11 is 2.00. The van der Waals surface area contributed by atoms with E-state index in [0.717, 1.165) is 0 Å².